The molecular formula is C20H20N2O7S2. The number of aliphatic carboxylic acids is 1. The third kappa shape index (κ3) is 6.17. The zero-order valence-corrected chi connectivity index (χ0v) is 17.8. The van der Waals surface area contributed by atoms with Crippen molar-refractivity contribution in [2.45, 2.75) is 29.2 Å². The number of benzene rings is 2. The summed E-state index contributed by atoms with van der Waals surface area (Å²) in [4.78, 5) is 10.5. The number of nitrogens with one attached hydrogen (secondary N) is 2. The first-order valence-electron chi connectivity index (χ1n) is 9.11. The minimum Gasteiger partial charge on any atom is -0.481 e. The highest BCUT2D eigenvalue weighted by Crippen LogP contribution is 2.20. The fourth-order valence-electron chi connectivity index (χ4n) is 2.69. The van der Waals surface area contributed by atoms with Gasteiger partial charge in [-0.1, -0.05) is 18.2 Å². The number of hydrogen-bond donors (Lipinski definition) is 3. The standard InChI is InChI=1S/C20H20N2O7S2/c23-20(24)11-8-15-6-9-18(10-7-15)31(27,28)22-16-3-1-5-19(13-16)30(25,26)21-14-17-4-2-12-29-17/h1-7,9-10,12-13,21-22H,8,11,14H2,(H,23,24). The predicted octanol–water partition coefficient (Wildman–Crippen LogP) is 2.58. The van der Waals surface area contributed by atoms with Gasteiger partial charge >= 0.3 is 5.97 Å². The van der Waals surface area contributed by atoms with Crippen molar-refractivity contribution < 1.29 is 31.2 Å². The van der Waals surface area contributed by atoms with Gasteiger partial charge in [0.2, 0.25) is 10.0 Å². The Morgan fingerprint density at radius 2 is 1.65 bits per heavy atom. The van der Waals surface area contributed by atoms with Gasteiger partial charge in [0, 0.05) is 6.42 Å². The molecule has 3 aromatic rings. The Morgan fingerprint density at radius 3 is 2.29 bits per heavy atom. The molecule has 0 aliphatic rings. The minimum absolute atomic E-state index is 0.0317. The molecule has 1 aromatic heterocycles. The van der Waals surface area contributed by atoms with E-state index in [9.17, 15) is 21.6 Å². The lowest BCUT2D eigenvalue weighted by molar-refractivity contribution is -0.136. The van der Waals surface area contributed by atoms with E-state index in [4.69, 9.17) is 9.52 Å². The highest BCUT2D eigenvalue weighted by Gasteiger charge is 2.18. The van der Waals surface area contributed by atoms with Crippen LogP contribution in [0.3, 0.4) is 0 Å². The summed E-state index contributed by atoms with van der Waals surface area (Å²) >= 11 is 0. The van der Waals surface area contributed by atoms with E-state index < -0.39 is 26.0 Å². The lowest BCUT2D eigenvalue weighted by atomic mass is 10.1. The SMILES string of the molecule is O=C(O)CCc1ccc(S(=O)(=O)Nc2cccc(S(=O)(=O)NCc3ccco3)c2)cc1. The molecule has 0 aliphatic heterocycles. The van der Waals surface area contributed by atoms with Gasteiger partial charge in [0.15, 0.2) is 0 Å². The second-order valence-corrected chi connectivity index (χ2v) is 10.0. The molecule has 0 unspecified atom stereocenters. The van der Waals surface area contributed by atoms with Crippen molar-refractivity contribution >= 4 is 31.7 Å². The van der Waals surface area contributed by atoms with Crippen LogP contribution < -0.4 is 9.44 Å². The lowest BCUT2D eigenvalue weighted by Crippen LogP contribution is -2.23. The maximum Gasteiger partial charge on any atom is 0.303 e. The summed E-state index contributed by atoms with van der Waals surface area (Å²) in [5.41, 5.74) is 0.771. The first-order valence-corrected chi connectivity index (χ1v) is 12.1. The van der Waals surface area contributed by atoms with Gasteiger partial charge in [-0.3, -0.25) is 9.52 Å². The first-order chi connectivity index (χ1) is 14.7. The van der Waals surface area contributed by atoms with Gasteiger partial charge in [-0.05, 0) is 54.4 Å². The molecule has 9 nitrogen and oxygen atoms in total. The Labute approximate surface area is 179 Å². The smallest absolute Gasteiger partial charge is 0.303 e. The average molecular weight is 465 g/mol. The van der Waals surface area contributed by atoms with E-state index in [1.807, 2.05) is 0 Å². The Hall–Kier alpha value is -3.15. The van der Waals surface area contributed by atoms with Crippen LogP contribution in [0.25, 0.3) is 0 Å². The molecule has 0 spiro atoms. The number of furan rings is 1. The molecule has 3 N–H and O–H groups in total. The largest absolute Gasteiger partial charge is 0.481 e. The van der Waals surface area contributed by atoms with Crippen LogP contribution in [0.1, 0.15) is 17.7 Å². The highest BCUT2D eigenvalue weighted by molar-refractivity contribution is 7.92. The van der Waals surface area contributed by atoms with E-state index in [-0.39, 0.29) is 34.9 Å². The third-order valence-corrected chi connectivity index (χ3v) is 7.07. The fourth-order valence-corrected chi connectivity index (χ4v) is 4.78. The van der Waals surface area contributed by atoms with Crippen molar-refractivity contribution in [3.63, 3.8) is 0 Å². The van der Waals surface area contributed by atoms with E-state index >= 15 is 0 Å². The first kappa shape index (κ1) is 22.5. The number of carbonyl (C=O) groups is 1. The lowest BCUT2D eigenvalue weighted by Gasteiger charge is -2.11. The number of anilines is 1. The summed E-state index contributed by atoms with van der Waals surface area (Å²) in [6.45, 7) is -0.0421. The molecule has 0 bridgehead atoms. The molecule has 3 rings (SSSR count). The van der Waals surface area contributed by atoms with Crippen molar-refractivity contribution in [2.24, 2.45) is 0 Å². The maximum atomic E-state index is 12.6. The van der Waals surface area contributed by atoms with E-state index in [1.165, 1.54) is 54.8 Å². The van der Waals surface area contributed by atoms with Crippen LogP contribution in [0.5, 0.6) is 0 Å². The van der Waals surface area contributed by atoms with E-state index in [1.54, 1.807) is 12.1 Å². The van der Waals surface area contributed by atoms with Gasteiger partial charge in [0.25, 0.3) is 10.0 Å². The van der Waals surface area contributed by atoms with Crippen LogP contribution in [0.15, 0.2) is 81.1 Å². The molecule has 0 saturated carbocycles. The summed E-state index contributed by atoms with van der Waals surface area (Å²) in [7, 11) is -7.86. The summed E-state index contributed by atoms with van der Waals surface area (Å²) in [5.74, 6) is -0.501. The number of carboxylic acid groups (broad SMARTS) is 1. The molecule has 0 aliphatic carbocycles. The monoisotopic (exact) mass is 464 g/mol. The molecular weight excluding hydrogens is 444 g/mol. The van der Waals surface area contributed by atoms with Gasteiger partial charge in [-0.25, -0.2) is 21.6 Å². The normalized spacial score (nSPS) is 11.9. The minimum atomic E-state index is -3.97. The van der Waals surface area contributed by atoms with Crippen molar-refractivity contribution in [3.8, 4) is 0 Å². The van der Waals surface area contributed by atoms with Gasteiger partial charge in [0.05, 0.1) is 28.3 Å². The molecule has 0 saturated heterocycles. The predicted molar refractivity (Wildman–Crippen MR) is 112 cm³/mol. The van der Waals surface area contributed by atoms with Crippen molar-refractivity contribution in [1.82, 2.24) is 4.72 Å². The maximum absolute atomic E-state index is 12.6. The van der Waals surface area contributed by atoms with Crippen LogP contribution >= 0.6 is 0 Å². The molecule has 11 heteroatoms. The third-order valence-electron chi connectivity index (χ3n) is 4.27. The molecule has 164 valence electrons. The zero-order valence-electron chi connectivity index (χ0n) is 16.2. The summed E-state index contributed by atoms with van der Waals surface area (Å²) in [6.07, 6.45) is 1.66. The Bertz CT molecular complexity index is 1250. The quantitative estimate of drug-likeness (QED) is 0.418. The van der Waals surface area contributed by atoms with Crippen molar-refractivity contribution in [1.29, 1.82) is 0 Å². The summed E-state index contributed by atoms with van der Waals surface area (Å²) < 4.78 is 60.1. The number of aryl methyl sites for hydroxylation is 1. The van der Waals surface area contributed by atoms with Crippen LogP contribution in [0.4, 0.5) is 5.69 Å². The molecule has 0 radical (unpaired) electrons. The Morgan fingerprint density at radius 1 is 0.903 bits per heavy atom. The molecule has 0 amide bonds. The van der Waals surface area contributed by atoms with Crippen LogP contribution in [-0.2, 0) is 37.8 Å². The topological polar surface area (TPSA) is 143 Å². The van der Waals surface area contributed by atoms with Crippen molar-refractivity contribution in [3.05, 3.63) is 78.3 Å². The molecule has 1 heterocycles. The zero-order chi connectivity index (χ0) is 22.5. The molecule has 2 aromatic carbocycles. The summed E-state index contributed by atoms with van der Waals surface area (Å²) in [5, 5.41) is 8.73. The Kier molecular flexibility index (Phi) is 6.78. The van der Waals surface area contributed by atoms with Crippen LogP contribution in [0, 0.1) is 0 Å². The van der Waals surface area contributed by atoms with E-state index in [0.29, 0.717) is 11.3 Å². The van der Waals surface area contributed by atoms with Gasteiger partial charge in [-0.15, -0.1) is 0 Å². The molecule has 31 heavy (non-hydrogen) atoms. The number of carboxylic acids is 1. The van der Waals surface area contributed by atoms with E-state index in [0.717, 1.165) is 0 Å². The van der Waals surface area contributed by atoms with Crippen LogP contribution in [-0.4, -0.2) is 27.9 Å². The number of hydrogen-bond acceptors (Lipinski definition) is 6. The highest BCUT2D eigenvalue weighted by atomic mass is 32.2. The van der Waals surface area contributed by atoms with Crippen LogP contribution in [0.2, 0.25) is 0 Å². The molecule has 0 atom stereocenters. The second kappa shape index (κ2) is 9.33. The second-order valence-electron chi connectivity index (χ2n) is 6.57. The number of rotatable bonds is 10. The van der Waals surface area contributed by atoms with Crippen molar-refractivity contribution in [2.75, 3.05) is 4.72 Å². The Balaban J connectivity index is 1.72. The fraction of sp³-hybridized carbons (Fsp3) is 0.150. The van der Waals surface area contributed by atoms with Gasteiger partial charge in [0.1, 0.15) is 5.76 Å². The summed E-state index contributed by atoms with van der Waals surface area (Å²) in [6, 6.07) is 14.5. The molecule has 0 fully saturated rings. The van der Waals surface area contributed by atoms with Gasteiger partial charge < -0.3 is 9.52 Å². The van der Waals surface area contributed by atoms with E-state index in [2.05, 4.69) is 9.44 Å². The average Bonchev–Trinajstić information content (AvgIpc) is 3.25. The van der Waals surface area contributed by atoms with Gasteiger partial charge in [-0.2, -0.15) is 0 Å². The number of sulfonamides is 2.